The Kier molecular flexibility index (Phi) is 6.54. The fraction of sp³-hybridized carbons (Fsp3) is 0.368. The number of ether oxygens (including phenoxy) is 1. The first kappa shape index (κ1) is 21.0. The zero-order valence-electron chi connectivity index (χ0n) is 15.6. The number of halogens is 1. The number of amides is 1. The second-order valence-electron chi connectivity index (χ2n) is 6.66. The zero-order chi connectivity index (χ0) is 20.3. The topological polar surface area (TPSA) is 85.4 Å². The van der Waals surface area contributed by atoms with Crippen molar-refractivity contribution < 1.29 is 17.9 Å². The largest absolute Gasteiger partial charge is 0.381 e. The number of allylic oxidation sites excluding steroid dienone is 1. The third kappa shape index (κ3) is 5.20. The minimum atomic E-state index is -3.30. The second-order valence-corrected chi connectivity index (χ2v) is 10.3. The van der Waals surface area contributed by atoms with Crippen LogP contribution in [0.4, 0.5) is 5.13 Å². The van der Waals surface area contributed by atoms with Crippen molar-refractivity contribution in [1.82, 2.24) is 4.98 Å². The Morgan fingerprint density at radius 3 is 2.46 bits per heavy atom. The number of sulfone groups is 1. The molecule has 6 nitrogen and oxygen atoms in total. The standard InChI is InChI=1S/C19H21ClN2O4S2/c1-12-17(20)27-19(21-12)22-18(23)16(11-13-7-9-26-10-8-13)14-3-5-15(6-4-14)28(2,24)25/h3-6,11,13H,7-10H2,1-2H3,(H,21,22,23). The molecule has 1 aromatic heterocycles. The van der Waals surface area contributed by atoms with Gasteiger partial charge >= 0.3 is 0 Å². The summed E-state index contributed by atoms with van der Waals surface area (Å²) in [5.41, 5.74) is 1.79. The average molecular weight is 441 g/mol. The van der Waals surface area contributed by atoms with E-state index in [1.807, 2.05) is 6.08 Å². The molecule has 9 heteroatoms. The van der Waals surface area contributed by atoms with E-state index in [-0.39, 0.29) is 16.7 Å². The number of nitrogens with one attached hydrogen (secondary N) is 1. The highest BCUT2D eigenvalue weighted by Crippen LogP contribution is 2.29. The number of aryl methyl sites for hydroxylation is 1. The highest BCUT2D eigenvalue weighted by Gasteiger charge is 2.20. The number of aromatic nitrogens is 1. The summed E-state index contributed by atoms with van der Waals surface area (Å²) in [6, 6.07) is 6.34. The van der Waals surface area contributed by atoms with E-state index in [2.05, 4.69) is 10.3 Å². The van der Waals surface area contributed by atoms with Crippen LogP contribution in [0, 0.1) is 12.8 Å². The lowest BCUT2D eigenvalue weighted by atomic mass is 9.94. The summed E-state index contributed by atoms with van der Waals surface area (Å²) < 4.78 is 29.3. The van der Waals surface area contributed by atoms with Crippen LogP contribution in [0.2, 0.25) is 4.34 Å². The van der Waals surface area contributed by atoms with Crippen molar-refractivity contribution in [3.63, 3.8) is 0 Å². The normalized spacial score (nSPS) is 16.2. The first-order valence-electron chi connectivity index (χ1n) is 8.78. The van der Waals surface area contributed by atoms with Gasteiger partial charge in [0.25, 0.3) is 5.91 Å². The van der Waals surface area contributed by atoms with E-state index < -0.39 is 9.84 Å². The molecule has 0 radical (unpaired) electrons. The summed E-state index contributed by atoms with van der Waals surface area (Å²) in [4.78, 5) is 17.4. The Hall–Kier alpha value is -1.74. The second kappa shape index (κ2) is 8.73. The molecule has 1 saturated heterocycles. The van der Waals surface area contributed by atoms with Crippen molar-refractivity contribution >= 4 is 49.4 Å². The number of hydrogen-bond donors (Lipinski definition) is 1. The average Bonchev–Trinajstić information content (AvgIpc) is 2.97. The molecular formula is C19H21ClN2O4S2. The third-order valence-corrected chi connectivity index (χ3v) is 6.96. The van der Waals surface area contributed by atoms with Gasteiger partial charge in [0.2, 0.25) is 0 Å². The maximum absolute atomic E-state index is 13.0. The maximum atomic E-state index is 13.0. The van der Waals surface area contributed by atoms with Crippen LogP contribution in [0.3, 0.4) is 0 Å². The fourth-order valence-corrected chi connectivity index (χ4v) is 4.48. The van der Waals surface area contributed by atoms with Crippen molar-refractivity contribution in [2.75, 3.05) is 24.8 Å². The number of thiazole rings is 1. The molecule has 3 rings (SSSR count). The first-order valence-corrected chi connectivity index (χ1v) is 11.9. The van der Waals surface area contributed by atoms with Gasteiger partial charge in [0.1, 0.15) is 4.34 Å². The van der Waals surface area contributed by atoms with Crippen molar-refractivity contribution in [1.29, 1.82) is 0 Å². The van der Waals surface area contributed by atoms with Crippen LogP contribution in [0.15, 0.2) is 35.2 Å². The lowest BCUT2D eigenvalue weighted by Crippen LogP contribution is -2.18. The Bertz CT molecular complexity index is 972. The van der Waals surface area contributed by atoms with Gasteiger partial charge in [-0.3, -0.25) is 10.1 Å². The summed E-state index contributed by atoms with van der Waals surface area (Å²) in [5, 5.41) is 3.23. The minimum Gasteiger partial charge on any atom is -0.381 e. The molecule has 1 fully saturated rings. The molecule has 1 aromatic carbocycles. The van der Waals surface area contributed by atoms with Gasteiger partial charge in [-0.15, -0.1) is 0 Å². The Labute approximate surface area is 173 Å². The molecule has 0 aliphatic carbocycles. The van der Waals surface area contributed by atoms with Crippen LogP contribution in [-0.2, 0) is 19.4 Å². The molecule has 0 atom stereocenters. The molecular weight excluding hydrogens is 420 g/mol. The predicted octanol–water partition coefficient (Wildman–Crippen LogP) is 3.96. The van der Waals surface area contributed by atoms with Gasteiger partial charge in [-0.25, -0.2) is 13.4 Å². The summed E-state index contributed by atoms with van der Waals surface area (Å²) in [6.07, 6.45) is 4.76. The van der Waals surface area contributed by atoms with Crippen molar-refractivity contribution in [2.24, 2.45) is 5.92 Å². The van der Waals surface area contributed by atoms with Gasteiger partial charge in [-0.2, -0.15) is 0 Å². The van der Waals surface area contributed by atoms with Gasteiger partial charge in [-0.05, 0) is 43.4 Å². The Morgan fingerprint density at radius 1 is 1.29 bits per heavy atom. The summed E-state index contributed by atoms with van der Waals surface area (Å²) in [7, 11) is -3.30. The van der Waals surface area contributed by atoms with E-state index in [0.717, 1.165) is 19.1 Å². The SMILES string of the molecule is Cc1nc(NC(=O)C(=CC2CCOCC2)c2ccc(S(C)(=O)=O)cc2)sc1Cl. The van der Waals surface area contributed by atoms with Gasteiger partial charge in [0, 0.05) is 25.0 Å². The quantitative estimate of drug-likeness (QED) is 0.711. The lowest BCUT2D eigenvalue weighted by Gasteiger charge is -2.20. The first-order chi connectivity index (χ1) is 13.2. The summed E-state index contributed by atoms with van der Waals surface area (Å²) >= 11 is 7.25. The van der Waals surface area contributed by atoms with Crippen molar-refractivity contribution in [3.8, 4) is 0 Å². The van der Waals surface area contributed by atoms with E-state index in [9.17, 15) is 13.2 Å². The number of hydrogen-bond acceptors (Lipinski definition) is 6. The molecule has 1 aliphatic heterocycles. The molecule has 1 N–H and O–H groups in total. The minimum absolute atomic E-state index is 0.212. The molecule has 28 heavy (non-hydrogen) atoms. The Balaban J connectivity index is 1.92. The van der Waals surface area contributed by atoms with Gasteiger partial charge in [0.05, 0.1) is 10.6 Å². The van der Waals surface area contributed by atoms with Crippen molar-refractivity contribution in [3.05, 3.63) is 45.9 Å². The number of carbonyl (C=O) groups excluding carboxylic acids is 1. The molecule has 150 valence electrons. The number of anilines is 1. The van der Waals surface area contributed by atoms with E-state index in [0.29, 0.717) is 39.5 Å². The van der Waals surface area contributed by atoms with Crippen LogP contribution >= 0.6 is 22.9 Å². The van der Waals surface area contributed by atoms with Crippen molar-refractivity contribution in [2.45, 2.75) is 24.7 Å². The molecule has 0 unspecified atom stereocenters. The lowest BCUT2D eigenvalue weighted by molar-refractivity contribution is -0.111. The van der Waals surface area contributed by atoms with E-state index in [1.165, 1.54) is 23.5 Å². The number of rotatable bonds is 5. The zero-order valence-corrected chi connectivity index (χ0v) is 18.0. The number of nitrogens with zero attached hydrogens (tertiary/aromatic N) is 1. The predicted molar refractivity (Wildman–Crippen MR) is 112 cm³/mol. The van der Waals surface area contributed by atoms with E-state index >= 15 is 0 Å². The van der Waals surface area contributed by atoms with E-state index in [1.54, 1.807) is 19.1 Å². The van der Waals surface area contributed by atoms with Crippen LogP contribution in [-0.4, -0.2) is 38.8 Å². The van der Waals surface area contributed by atoms with Crippen LogP contribution < -0.4 is 5.32 Å². The summed E-state index contributed by atoms with van der Waals surface area (Å²) in [5.74, 6) is -0.0882. The van der Waals surface area contributed by atoms with Crippen LogP contribution in [0.5, 0.6) is 0 Å². The third-order valence-electron chi connectivity index (χ3n) is 4.47. The molecule has 2 heterocycles. The van der Waals surface area contributed by atoms with Crippen LogP contribution in [0.1, 0.15) is 24.1 Å². The highest BCUT2D eigenvalue weighted by atomic mass is 35.5. The smallest absolute Gasteiger partial charge is 0.257 e. The maximum Gasteiger partial charge on any atom is 0.257 e. The molecule has 1 amide bonds. The fourth-order valence-electron chi connectivity index (χ4n) is 2.90. The van der Waals surface area contributed by atoms with Gasteiger partial charge < -0.3 is 4.74 Å². The Morgan fingerprint density at radius 2 is 1.93 bits per heavy atom. The van der Waals surface area contributed by atoms with Crippen LogP contribution in [0.25, 0.3) is 5.57 Å². The monoisotopic (exact) mass is 440 g/mol. The van der Waals surface area contributed by atoms with Gasteiger partial charge in [0.15, 0.2) is 15.0 Å². The van der Waals surface area contributed by atoms with Gasteiger partial charge in [-0.1, -0.05) is 41.1 Å². The molecule has 0 saturated carbocycles. The summed E-state index contributed by atoms with van der Waals surface area (Å²) in [6.45, 7) is 3.09. The highest BCUT2D eigenvalue weighted by molar-refractivity contribution is 7.90. The van der Waals surface area contributed by atoms with E-state index in [4.69, 9.17) is 16.3 Å². The molecule has 2 aromatic rings. The molecule has 1 aliphatic rings. The number of carbonyl (C=O) groups is 1. The number of benzene rings is 1. The molecule has 0 spiro atoms. The molecule has 0 bridgehead atoms.